The van der Waals surface area contributed by atoms with Crippen molar-refractivity contribution in [2.24, 2.45) is 0 Å². The summed E-state index contributed by atoms with van der Waals surface area (Å²) in [5.41, 5.74) is 0. The van der Waals surface area contributed by atoms with Gasteiger partial charge in [-0.1, -0.05) is 204 Å². The van der Waals surface area contributed by atoms with Crippen LogP contribution < -0.4 is 0 Å². The number of carboxylic acid groups (broad SMARTS) is 1. The Bertz CT molecular complexity index is 1980. The molecule has 0 aliphatic carbocycles. The molecule has 1 saturated heterocycles. The number of unbranched alkanes of at least 4 members (excludes halogenated alkanes) is 7. The Labute approximate surface area is 475 Å². The Morgan fingerprint density at radius 3 is 1.24 bits per heavy atom. The van der Waals surface area contributed by atoms with E-state index in [0.717, 1.165) is 116 Å². The topological polar surface area (TPSA) is 175 Å². The second-order valence-corrected chi connectivity index (χ2v) is 19.1. The van der Waals surface area contributed by atoms with Gasteiger partial charge in [-0.15, -0.1) is 0 Å². The summed E-state index contributed by atoms with van der Waals surface area (Å²) in [5, 5.41) is 31.5. The van der Waals surface area contributed by atoms with Crippen molar-refractivity contribution in [3.63, 3.8) is 0 Å². The van der Waals surface area contributed by atoms with E-state index in [4.69, 9.17) is 23.7 Å². The number of aliphatic carboxylic acids is 1. The van der Waals surface area contributed by atoms with Crippen LogP contribution in [0, 0.1) is 0 Å². The standard InChI is InChI=1S/C67H100O12/c1-4-7-10-13-16-19-22-25-27-29-30-32-33-36-38-41-44-47-50-53-59(68)75-56-58(77-60(69)54-51-48-45-42-39-35-24-21-18-15-12-9-6-3)57-76-67-65(63(72)62(71)64(79-67)66(73)74)78-61(70)55-52-49-46-43-40-37-34-31-28-26-23-20-17-14-11-8-5-2/h7-12,16-21,25-28,30,32,34-35,37,39,43,45-46,48,58,62-65,67,71-72H,4-6,13-15,22-24,29,31,33,36,38,40-42,44,47,49-57H2,1-3H3,(H,73,74)/b10-7-,11-8-,12-9-,19-16-,20-17-,21-18-,27-25-,28-26-,32-30-,37-34-,39-35-,46-43-,48-45-. The highest BCUT2D eigenvalue weighted by atomic mass is 16.7. The average molecular weight is 1100 g/mol. The molecule has 6 atom stereocenters. The number of esters is 3. The van der Waals surface area contributed by atoms with Gasteiger partial charge in [0, 0.05) is 19.3 Å². The van der Waals surface area contributed by atoms with Gasteiger partial charge in [0.25, 0.3) is 0 Å². The Kier molecular flexibility index (Phi) is 47.9. The number of allylic oxidation sites excluding steroid dienone is 26. The Balaban J connectivity index is 2.76. The summed E-state index contributed by atoms with van der Waals surface area (Å²) in [5.74, 6) is -3.36. The van der Waals surface area contributed by atoms with Gasteiger partial charge in [-0.25, -0.2) is 4.79 Å². The molecule has 1 aliphatic rings. The average Bonchev–Trinajstić information content (AvgIpc) is 3.46. The number of hydrogen-bond acceptors (Lipinski definition) is 11. The van der Waals surface area contributed by atoms with Crippen LogP contribution in [0.15, 0.2) is 158 Å². The number of rotatable bonds is 47. The minimum absolute atomic E-state index is 0.0217. The molecule has 12 nitrogen and oxygen atoms in total. The summed E-state index contributed by atoms with van der Waals surface area (Å²) < 4.78 is 28.2. The molecule has 0 bridgehead atoms. The van der Waals surface area contributed by atoms with E-state index in [-0.39, 0.29) is 25.9 Å². The van der Waals surface area contributed by atoms with Crippen molar-refractivity contribution >= 4 is 23.9 Å². The minimum atomic E-state index is -1.94. The van der Waals surface area contributed by atoms with Gasteiger partial charge in [-0.2, -0.15) is 0 Å². The fourth-order valence-corrected chi connectivity index (χ4v) is 7.70. The second-order valence-electron chi connectivity index (χ2n) is 19.1. The number of ether oxygens (including phenoxy) is 5. The van der Waals surface area contributed by atoms with E-state index in [1.807, 2.05) is 30.4 Å². The zero-order chi connectivity index (χ0) is 57.5. The number of aliphatic hydroxyl groups excluding tert-OH is 2. The maximum Gasteiger partial charge on any atom is 0.335 e. The first-order chi connectivity index (χ1) is 38.6. The Morgan fingerprint density at radius 2 is 0.797 bits per heavy atom. The fourth-order valence-electron chi connectivity index (χ4n) is 7.70. The predicted octanol–water partition coefficient (Wildman–Crippen LogP) is 15.3. The quantitative estimate of drug-likeness (QED) is 0.0228. The molecular formula is C67H100O12. The largest absolute Gasteiger partial charge is 0.479 e. The van der Waals surface area contributed by atoms with Crippen molar-refractivity contribution in [3.05, 3.63) is 158 Å². The van der Waals surface area contributed by atoms with Crippen LogP contribution in [0.1, 0.15) is 188 Å². The highest BCUT2D eigenvalue weighted by Crippen LogP contribution is 2.26. The third-order valence-electron chi connectivity index (χ3n) is 12.1. The molecule has 3 N–H and O–H groups in total. The third kappa shape index (κ3) is 42.9. The van der Waals surface area contributed by atoms with Crippen LogP contribution in [0.4, 0.5) is 0 Å². The van der Waals surface area contributed by atoms with Gasteiger partial charge in [0.2, 0.25) is 0 Å². The van der Waals surface area contributed by atoms with Crippen LogP contribution in [-0.4, -0.2) is 89.2 Å². The molecule has 0 aromatic heterocycles. The normalized spacial score (nSPS) is 19.0. The smallest absolute Gasteiger partial charge is 0.335 e. The first-order valence-electron chi connectivity index (χ1n) is 29.5. The lowest BCUT2D eigenvalue weighted by Crippen LogP contribution is -2.61. The van der Waals surface area contributed by atoms with Crippen LogP contribution in [0.3, 0.4) is 0 Å². The van der Waals surface area contributed by atoms with Gasteiger partial charge in [0.05, 0.1) is 6.61 Å². The summed E-state index contributed by atoms with van der Waals surface area (Å²) in [4.78, 5) is 51.1. The molecule has 1 heterocycles. The van der Waals surface area contributed by atoms with Crippen molar-refractivity contribution in [1.82, 2.24) is 0 Å². The molecule has 0 saturated carbocycles. The monoisotopic (exact) mass is 1100 g/mol. The fraction of sp³-hybridized carbons (Fsp3) is 0.552. The van der Waals surface area contributed by atoms with Gasteiger partial charge in [0.15, 0.2) is 24.6 Å². The number of carboxylic acids is 1. The lowest BCUT2D eigenvalue weighted by molar-refractivity contribution is -0.301. The summed E-state index contributed by atoms with van der Waals surface area (Å²) in [6.07, 6.45) is 65.2. The van der Waals surface area contributed by atoms with Crippen molar-refractivity contribution in [2.45, 2.75) is 225 Å². The molecule has 0 aromatic rings. The Hall–Kier alpha value is -5.66. The molecule has 12 heteroatoms. The molecule has 1 aliphatic heterocycles. The van der Waals surface area contributed by atoms with Crippen molar-refractivity contribution < 1.29 is 58.2 Å². The SMILES string of the molecule is CC/C=C\C/C=C\C/C=C\C/C=C\C/C=C\CCCC(=O)OC1C(OCC(COC(=O)CCCCCCCC/C=C\C/C=C\C/C=C\C/C=C\CC)OC(=O)CC/C=C\C/C=C\C/C=C\C/C=C\CC)OC(C(=O)O)C(O)C1O. The lowest BCUT2D eigenvalue weighted by Gasteiger charge is -2.40. The van der Waals surface area contributed by atoms with Gasteiger partial charge in [0.1, 0.15) is 18.8 Å². The van der Waals surface area contributed by atoms with Gasteiger partial charge in [-0.3, -0.25) is 14.4 Å². The molecule has 79 heavy (non-hydrogen) atoms. The highest BCUT2D eigenvalue weighted by Gasteiger charge is 2.50. The third-order valence-corrected chi connectivity index (χ3v) is 12.1. The molecular weight excluding hydrogens is 997 g/mol. The van der Waals surface area contributed by atoms with Crippen LogP contribution >= 0.6 is 0 Å². The van der Waals surface area contributed by atoms with E-state index in [0.29, 0.717) is 32.1 Å². The molecule has 440 valence electrons. The van der Waals surface area contributed by atoms with E-state index >= 15 is 0 Å². The molecule has 0 amide bonds. The van der Waals surface area contributed by atoms with Crippen LogP contribution in [0.2, 0.25) is 0 Å². The summed E-state index contributed by atoms with van der Waals surface area (Å²) in [6, 6.07) is 0. The Morgan fingerprint density at radius 1 is 0.418 bits per heavy atom. The lowest BCUT2D eigenvalue weighted by atomic mass is 9.98. The highest BCUT2D eigenvalue weighted by molar-refractivity contribution is 5.74. The van der Waals surface area contributed by atoms with E-state index in [2.05, 4.69) is 148 Å². The predicted molar refractivity (Wildman–Crippen MR) is 321 cm³/mol. The van der Waals surface area contributed by atoms with Gasteiger partial charge in [-0.05, 0) is 122 Å². The van der Waals surface area contributed by atoms with Gasteiger partial charge < -0.3 is 39.0 Å². The summed E-state index contributed by atoms with van der Waals surface area (Å²) in [7, 11) is 0. The molecule has 0 spiro atoms. The molecule has 0 radical (unpaired) electrons. The van der Waals surface area contributed by atoms with Crippen molar-refractivity contribution in [2.75, 3.05) is 13.2 Å². The minimum Gasteiger partial charge on any atom is -0.479 e. The summed E-state index contributed by atoms with van der Waals surface area (Å²) >= 11 is 0. The van der Waals surface area contributed by atoms with E-state index in [1.54, 1.807) is 0 Å². The molecule has 1 fully saturated rings. The number of hydrogen-bond donors (Lipinski definition) is 3. The number of carbonyl (C=O) groups is 4. The first kappa shape index (κ1) is 71.4. The first-order valence-corrected chi connectivity index (χ1v) is 29.5. The maximum absolute atomic E-state index is 13.1. The molecule has 1 rings (SSSR count). The van der Waals surface area contributed by atoms with Crippen LogP contribution in [-0.2, 0) is 42.9 Å². The van der Waals surface area contributed by atoms with Crippen molar-refractivity contribution in [1.29, 1.82) is 0 Å². The van der Waals surface area contributed by atoms with Crippen LogP contribution in [0.5, 0.6) is 0 Å². The van der Waals surface area contributed by atoms with E-state index in [1.165, 1.54) is 0 Å². The number of carbonyl (C=O) groups excluding carboxylic acids is 3. The summed E-state index contributed by atoms with van der Waals surface area (Å²) in [6.45, 7) is 5.52. The van der Waals surface area contributed by atoms with E-state index < -0.39 is 67.3 Å². The molecule has 0 aromatic carbocycles. The number of aliphatic hydroxyl groups is 2. The maximum atomic E-state index is 13.1. The van der Waals surface area contributed by atoms with Gasteiger partial charge >= 0.3 is 23.9 Å². The van der Waals surface area contributed by atoms with E-state index in [9.17, 15) is 34.5 Å². The zero-order valence-electron chi connectivity index (χ0n) is 48.3. The van der Waals surface area contributed by atoms with Crippen LogP contribution in [0.25, 0.3) is 0 Å². The van der Waals surface area contributed by atoms with Crippen molar-refractivity contribution in [3.8, 4) is 0 Å². The zero-order valence-corrected chi connectivity index (χ0v) is 48.3. The second kappa shape index (κ2) is 53.0. The molecule has 6 unspecified atom stereocenters.